The Kier molecular flexibility index (Phi) is 7.65. The number of hydrogen-bond donors (Lipinski definition) is 0. The van der Waals surface area contributed by atoms with Gasteiger partial charge in [-0.1, -0.05) is 60.2 Å². The molecule has 0 N–H and O–H groups in total. The first kappa shape index (κ1) is 26.1. The zero-order chi connectivity index (χ0) is 27.4. The van der Waals surface area contributed by atoms with Gasteiger partial charge in [0.05, 0.1) is 24.1 Å². The minimum Gasteiger partial charge on any atom is -0.493 e. The molecule has 196 valence electrons. The lowest BCUT2D eigenvalue weighted by Crippen LogP contribution is -2.32. The first-order valence-electron chi connectivity index (χ1n) is 12.3. The van der Waals surface area contributed by atoms with Crippen LogP contribution in [-0.4, -0.2) is 42.3 Å². The summed E-state index contributed by atoms with van der Waals surface area (Å²) in [6, 6.07) is 25.6. The third-order valence-electron chi connectivity index (χ3n) is 6.17. The molecule has 5 rings (SSSR count). The Labute approximate surface area is 230 Å². The van der Waals surface area contributed by atoms with E-state index in [0.29, 0.717) is 22.6 Å². The lowest BCUT2D eigenvalue weighted by atomic mass is 10.1. The van der Waals surface area contributed by atoms with Crippen molar-refractivity contribution in [1.82, 2.24) is 4.90 Å². The van der Waals surface area contributed by atoms with Gasteiger partial charge in [-0.05, 0) is 66.0 Å². The van der Waals surface area contributed by atoms with Gasteiger partial charge >= 0.3 is 5.97 Å². The van der Waals surface area contributed by atoms with Crippen LogP contribution in [0.15, 0.2) is 89.8 Å². The molecule has 0 aliphatic carbocycles. The molecule has 2 amide bonds. The van der Waals surface area contributed by atoms with E-state index in [-0.39, 0.29) is 35.0 Å². The Morgan fingerprint density at radius 1 is 0.897 bits per heavy atom. The van der Waals surface area contributed by atoms with Gasteiger partial charge in [0.1, 0.15) is 12.4 Å². The zero-order valence-electron chi connectivity index (χ0n) is 21.4. The quantitative estimate of drug-likeness (QED) is 0.144. The highest BCUT2D eigenvalue weighted by Gasteiger charge is 2.35. The third kappa shape index (κ3) is 5.81. The van der Waals surface area contributed by atoms with E-state index in [4.69, 9.17) is 14.2 Å². The molecule has 1 aliphatic rings. The zero-order valence-corrected chi connectivity index (χ0v) is 22.2. The standard InChI is InChI=1S/C31H25NO6S/c1-20-10-13-23(14-11-20)30(34)38-26-15-12-21(18-27(26)36-2)19-28-29(33)32(31(35)39-28)16-17-37-25-9-5-7-22-6-3-4-8-24(22)25/h3-15,18-19H,16-17H2,1-2H3/b28-19-. The van der Waals surface area contributed by atoms with E-state index >= 15 is 0 Å². The van der Waals surface area contributed by atoms with E-state index in [0.717, 1.165) is 28.1 Å². The van der Waals surface area contributed by atoms with Gasteiger partial charge in [0, 0.05) is 5.39 Å². The third-order valence-corrected chi connectivity index (χ3v) is 7.08. The molecule has 1 saturated heterocycles. The fraction of sp³-hybridized carbons (Fsp3) is 0.129. The number of imide groups is 1. The molecule has 7 nitrogen and oxygen atoms in total. The number of nitrogens with zero attached hydrogens (tertiary/aromatic N) is 1. The van der Waals surface area contributed by atoms with Gasteiger partial charge < -0.3 is 14.2 Å². The summed E-state index contributed by atoms with van der Waals surface area (Å²) in [5.74, 6) is 0.380. The number of thioether (sulfide) groups is 1. The fourth-order valence-electron chi connectivity index (χ4n) is 4.12. The van der Waals surface area contributed by atoms with Crippen molar-refractivity contribution in [2.45, 2.75) is 6.92 Å². The summed E-state index contributed by atoms with van der Waals surface area (Å²) in [4.78, 5) is 39.6. The van der Waals surface area contributed by atoms with Gasteiger partial charge in [-0.3, -0.25) is 14.5 Å². The molecule has 0 radical (unpaired) electrons. The van der Waals surface area contributed by atoms with Crippen LogP contribution in [0.3, 0.4) is 0 Å². The van der Waals surface area contributed by atoms with Crippen molar-refractivity contribution in [1.29, 1.82) is 0 Å². The molecule has 8 heteroatoms. The van der Waals surface area contributed by atoms with Crippen LogP contribution < -0.4 is 14.2 Å². The second-order valence-corrected chi connectivity index (χ2v) is 9.82. The maximum Gasteiger partial charge on any atom is 0.343 e. The Morgan fingerprint density at radius 3 is 2.46 bits per heavy atom. The van der Waals surface area contributed by atoms with E-state index in [1.807, 2.05) is 61.5 Å². The molecule has 39 heavy (non-hydrogen) atoms. The van der Waals surface area contributed by atoms with Crippen molar-refractivity contribution in [2.24, 2.45) is 0 Å². The van der Waals surface area contributed by atoms with Crippen molar-refractivity contribution in [3.8, 4) is 17.2 Å². The van der Waals surface area contributed by atoms with Crippen LogP contribution in [0.5, 0.6) is 17.2 Å². The predicted octanol–water partition coefficient (Wildman–Crippen LogP) is 6.49. The Morgan fingerprint density at radius 2 is 1.67 bits per heavy atom. The lowest BCUT2D eigenvalue weighted by Gasteiger charge is -2.14. The van der Waals surface area contributed by atoms with Crippen molar-refractivity contribution in [2.75, 3.05) is 20.3 Å². The minimum absolute atomic E-state index is 0.127. The molecule has 0 atom stereocenters. The van der Waals surface area contributed by atoms with Crippen molar-refractivity contribution >= 4 is 45.7 Å². The van der Waals surface area contributed by atoms with Crippen molar-refractivity contribution in [3.63, 3.8) is 0 Å². The number of carbonyl (C=O) groups excluding carboxylic acids is 3. The smallest absolute Gasteiger partial charge is 0.343 e. The number of aryl methyl sites for hydroxylation is 1. The van der Waals surface area contributed by atoms with Crippen LogP contribution in [0.25, 0.3) is 16.8 Å². The molecule has 4 aromatic rings. The highest BCUT2D eigenvalue weighted by atomic mass is 32.2. The summed E-state index contributed by atoms with van der Waals surface area (Å²) < 4.78 is 16.8. The van der Waals surface area contributed by atoms with E-state index in [2.05, 4.69) is 0 Å². The van der Waals surface area contributed by atoms with Crippen molar-refractivity contribution in [3.05, 3.63) is 107 Å². The number of rotatable bonds is 8. The van der Waals surface area contributed by atoms with Crippen molar-refractivity contribution < 1.29 is 28.6 Å². The van der Waals surface area contributed by atoms with Gasteiger partial charge in [-0.15, -0.1) is 0 Å². The fourth-order valence-corrected chi connectivity index (χ4v) is 4.98. The summed E-state index contributed by atoms with van der Waals surface area (Å²) in [7, 11) is 1.46. The van der Waals surface area contributed by atoms with E-state index in [1.54, 1.807) is 36.4 Å². The first-order valence-corrected chi connectivity index (χ1v) is 13.1. The molecule has 0 spiro atoms. The largest absolute Gasteiger partial charge is 0.493 e. The first-order chi connectivity index (χ1) is 18.9. The van der Waals surface area contributed by atoms with Crippen LogP contribution in [0.4, 0.5) is 4.79 Å². The molecule has 0 aromatic heterocycles. The summed E-state index contributed by atoms with van der Waals surface area (Å²) in [5.41, 5.74) is 2.08. The lowest BCUT2D eigenvalue weighted by molar-refractivity contribution is -0.123. The molecule has 0 saturated carbocycles. The molecule has 1 heterocycles. The van der Waals surface area contributed by atoms with Gasteiger partial charge in [0.15, 0.2) is 11.5 Å². The number of carbonyl (C=O) groups is 3. The predicted molar refractivity (Wildman–Crippen MR) is 151 cm³/mol. The average molecular weight is 540 g/mol. The molecule has 0 unspecified atom stereocenters. The minimum atomic E-state index is -0.507. The second kappa shape index (κ2) is 11.4. The molecule has 1 fully saturated rings. The summed E-state index contributed by atoms with van der Waals surface area (Å²) in [6.07, 6.45) is 1.62. The molecule has 1 aliphatic heterocycles. The summed E-state index contributed by atoms with van der Waals surface area (Å²) >= 11 is 0.869. The van der Waals surface area contributed by atoms with Crippen LogP contribution >= 0.6 is 11.8 Å². The second-order valence-electron chi connectivity index (χ2n) is 8.82. The topological polar surface area (TPSA) is 82.1 Å². The molecule has 0 bridgehead atoms. The van der Waals surface area contributed by atoms with E-state index in [9.17, 15) is 14.4 Å². The number of fused-ring (bicyclic) bond motifs is 1. The number of esters is 1. The SMILES string of the molecule is COc1cc(/C=C2\SC(=O)N(CCOc3cccc4ccccc34)C2=O)ccc1OC(=O)c1ccc(C)cc1. The number of hydrogen-bond acceptors (Lipinski definition) is 7. The molecule has 4 aromatic carbocycles. The highest BCUT2D eigenvalue weighted by molar-refractivity contribution is 8.18. The number of benzene rings is 4. The van der Waals surface area contributed by atoms with E-state index in [1.165, 1.54) is 12.0 Å². The van der Waals surface area contributed by atoms with Gasteiger partial charge in [0.25, 0.3) is 11.1 Å². The monoisotopic (exact) mass is 539 g/mol. The number of methoxy groups -OCH3 is 1. The Hall–Kier alpha value is -4.56. The van der Waals surface area contributed by atoms with Crippen LogP contribution in [0, 0.1) is 6.92 Å². The van der Waals surface area contributed by atoms with Crippen LogP contribution in [-0.2, 0) is 4.79 Å². The Balaban J connectivity index is 1.25. The number of amides is 2. The number of ether oxygens (including phenoxy) is 3. The summed E-state index contributed by atoms with van der Waals surface area (Å²) in [5, 5.41) is 1.66. The summed E-state index contributed by atoms with van der Waals surface area (Å²) in [6.45, 7) is 2.24. The molecular weight excluding hydrogens is 514 g/mol. The van der Waals surface area contributed by atoms with Gasteiger partial charge in [-0.2, -0.15) is 0 Å². The maximum absolute atomic E-state index is 13.0. The Bertz CT molecular complexity index is 1590. The van der Waals surface area contributed by atoms with Gasteiger partial charge in [-0.25, -0.2) is 4.79 Å². The van der Waals surface area contributed by atoms with E-state index < -0.39 is 5.97 Å². The molecular formula is C31H25NO6S. The van der Waals surface area contributed by atoms with Crippen LogP contribution in [0.1, 0.15) is 21.5 Å². The average Bonchev–Trinajstić information content (AvgIpc) is 3.21. The highest BCUT2D eigenvalue weighted by Crippen LogP contribution is 2.35. The van der Waals surface area contributed by atoms with Gasteiger partial charge in [0.2, 0.25) is 0 Å². The van der Waals surface area contributed by atoms with Crippen LogP contribution in [0.2, 0.25) is 0 Å². The maximum atomic E-state index is 13.0. The normalized spacial score (nSPS) is 14.2.